The van der Waals surface area contributed by atoms with Gasteiger partial charge in [-0.25, -0.2) is 8.42 Å². The molecule has 3 heterocycles. The number of rotatable bonds is 10. The van der Waals surface area contributed by atoms with Crippen LogP contribution >= 0.6 is 11.3 Å². The number of ether oxygens (including phenoxy) is 3. The maximum atomic E-state index is 13.9. The number of fused-ring (bicyclic) bond motifs is 1. The number of amides is 1. The van der Waals surface area contributed by atoms with Crippen molar-refractivity contribution in [3.8, 4) is 11.5 Å². The molecular weight excluding hydrogens is 524 g/mol. The van der Waals surface area contributed by atoms with E-state index in [1.54, 1.807) is 40.5 Å². The second-order valence-corrected chi connectivity index (χ2v) is 12.6. The Morgan fingerprint density at radius 1 is 1.03 bits per heavy atom. The summed E-state index contributed by atoms with van der Waals surface area (Å²) in [5.74, 6) is 1.04. The van der Waals surface area contributed by atoms with Gasteiger partial charge in [0.2, 0.25) is 22.7 Å². The van der Waals surface area contributed by atoms with Crippen LogP contribution in [0.2, 0.25) is 0 Å². The number of benzene rings is 2. The van der Waals surface area contributed by atoms with Gasteiger partial charge in [0.05, 0.1) is 24.1 Å². The molecule has 3 aromatic rings. The first-order valence-electron chi connectivity index (χ1n) is 12.7. The van der Waals surface area contributed by atoms with E-state index < -0.39 is 10.0 Å². The standard InChI is InChI=1S/C28H32N2O6S2/c1-20-5-8-24(9-6-20)38(32,33)30(16-23-4-3-12-34-23)18-28(31)29(17-27-21(2)11-13-37-27)15-22-7-10-25-26(14-22)36-19-35-25/h5-11,13-14,23H,3-4,12,15-19H2,1-2H3/t23-/m1/s1. The van der Waals surface area contributed by atoms with E-state index in [1.807, 2.05) is 43.5 Å². The Balaban J connectivity index is 1.42. The summed E-state index contributed by atoms with van der Waals surface area (Å²) in [5.41, 5.74) is 2.94. The fourth-order valence-electron chi connectivity index (χ4n) is 4.60. The summed E-state index contributed by atoms with van der Waals surface area (Å²) < 4.78 is 45.4. The van der Waals surface area contributed by atoms with Crippen LogP contribution in [0.25, 0.3) is 0 Å². The Morgan fingerprint density at radius 2 is 1.82 bits per heavy atom. The van der Waals surface area contributed by atoms with Gasteiger partial charge in [-0.1, -0.05) is 23.8 Å². The van der Waals surface area contributed by atoms with E-state index in [2.05, 4.69) is 0 Å². The molecule has 1 fully saturated rings. The lowest BCUT2D eigenvalue weighted by Crippen LogP contribution is -2.45. The average molecular weight is 557 g/mol. The maximum absolute atomic E-state index is 13.9. The van der Waals surface area contributed by atoms with Crippen molar-refractivity contribution >= 4 is 27.3 Å². The predicted molar refractivity (Wildman–Crippen MR) is 145 cm³/mol. The molecular formula is C28H32N2O6S2. The topological polar surface area (TPSA) is 85.4 Å². The van der Waals surface area contributed by atoms with E-state index in [1.165, 1.54) is 4.31 Å². The maximum Gasteiger partial charge on any atom is 0.243 e. The van der Waals surface area contributed by atoms with E-state index in [0.29, 0.717) is 31.2 Å². The average Bonchev–Trinajstić information content (AvgIpc) is 3.66. The monoisotopic (exact) mass is 556 g/mol. The molecule has 2 aromatic carbocycles. The summed E-state index contributed by atoms with van der Waals surface area (Å²) >= 11 is 1.58. The third-order valence-corrected chi connectivity index (χ3v) is 9.70. The molecule has 0 N–H and O–H groups in total. The summed E-state index contributed by atoms with van der Waals surface area (Å²) in [4.78, 5) is 16.8. The first-order valence-corrected chi connectivity index (χ1v) is 15.0. The SMILES string of the molecule is Cc1ccc(S(=O)(=O)N(CC(=O)N(Cc2ccc3c(c2)OCO3)Cc2sccc2C)C[C@H]2CCCO2)cc1. The van der Waals surface area contributed by atoms with Gasteiger partial charge in [-0.05, 0) is 73.5 Å². The molecule has 0 unspecified atom stereocenters. The van der Waals surface area contributed by atoms with Crippen LogP contribution in [0.15, 0.2) is 58.8 Å². The minimum Gasteiger partial charge on any atom is -0.454 e. The lowest BCUT2D eigenvalue weighted by atomic mass is 10.1. The summed E-state index contributed by atoms with van der Waals surface area (Å²) in [6.45, 7) is 5.25. The van der Waals surface area contributed by atoms with E-state index in [-0.39, 0.29) is 36.8 Å². The molecule has 1 amide bonds. The van der Waals surface area contributed by atoms with Crippen molar-refractivity contribution in [2.45, 2.75) is 50.8 Å². The number of hydrogen-bond acceptors (Lipinski definition) is 7. The van der Waals surface area contributed by atoms with Gasteiger partial charge in [0.25, 0.3) is 0 Å². The highest BCUT2D eigenvalue weighted by atomic mass is 32.2. The molecule has 10 heteroatoms. The summed E-state index contributed by atoms with van der Waals surface area (Å²) in [7, 11) is -3.91. The van der Waals surface area contributed by atoms with Gasteiger partial charge in [0.1, 0.15) is 0 Å². The molecule has 2 aliphatic rings. The number of thiophene rings is 1. The third kappa shape index (κ3) is 6.04. The lowest BCUT2D eigenvalue weighted by molar-refractivity contribution is -0.132. The highest BCUT2D eigenvalue weighted by Gasteiger charge is 2.32. The number of nitrogens with zero attached hydrogens (tertiary/aromatic N) is 2. The fraction of sp³-hybridized carbons (Fsp3) is 0.393. The second kappa shape index (κ2) is 11.4. The van der Waals surface area contributed by atoms with E-state index in [9.17, 15) is 13.2 Å². The van der Waals surface area contributed by atoms with E-state index >= 15 is 0 Å². The molecule has 5 rings (SSSR count). The lowest BCUT2D eigenvalue weighted by Gasteiger charge is -2.29. The van der Waals surface area contributed by atoms with Crippen molar-refractivity contribution < 1.29 is 27.4 Å². The van der Waals surface area contributed by atoms with Crippen LogP contribution in [0.4, 0.5) is 0 Å². The zero-order valence-electron chi connectivity index (χ0n) is 21.6. The zero-order chi connectivity index (χ0) is 26.7. The molecule has 0 aliphatic carbocycles. The molecule has 38 heavy (non-hydrogen) atoms. The Morgan fingerprint density at radius 3 is 2.53 bits per heavy atom. The number of carbonyl (C=O) groups is 1. The second-order valence-electron chi connectivity index (χ2n) is 9.71. The largest absolute Gasteiger partial charge is 0.454 e. The normalized spacial score (nSPS) is 16.8. The summed E-state index contributed by atoms with van der Waals surface area (Å²) in [6, 6.07) is 14.4. The van der Waals surface area contributed by atoms with Gasteiger partial charge in [0, 0.05) is 24.6 Å². The van der Waals surface area contributed by atoms with Crippen LogP contribution in [-0.2, 0) is 32.6 Å². The zero-order valence-corrected chi connectivity index (χ0v) is 23.2. The third-order valence-electron chi connectivity index (χ3n) is 6.87. The minimum atomic E-state index is -3.91. The smallest absolute Gasteiger partial charge is 0.243 e. The van der Waals surface area contributed by atoms with Crippen molar-refractivity contribution in [1.29, 1.82) is 0 Å². The van der Waals surface area contributed by atoms with E-state index in [0.717, 1.165) is 34.4 Å². The molecule has 1 aromatic heterocycles. The molecule has 0 spiro atoms. The molecule has 1 saturated heterocycles. The minimum absolute atomic E-state index is 0.137. The van der Waals surface area contributed by atoms with Crippen LogP contribution < -0.4 is 9.47 Å². The van der Waals surface area contributed by atoms with Crippen LogP contribution in [0, 0.1) is 13.8 Å². The number of aryl methyl sites for hydroxylation is 2. The quantitative estimate of drug-likeness (QED) is 0.366. The van der Waals surface area contributed by atoms with Crippen LogP contribution in [-0.4, -0.2) is 56.1 Å². The molecule has 1 atom stereocenters. The van der Waals surface area contributed by atoms with Crippen molar-refractivity contribution in [2.24, 2.45) is 0 Å². The molecule has 0 bridgehead atoms. The Hall–Kier alpha value is -2.92. The van der Waals surface area contributed by atoms with Crippen molar-refractivity contribution in [3.63, 3.8) is 0 Å². The van der Waals surface area contributed by atoms with Crippen molar-refractivity contribution in [3.05, 3.63) is 75.5 Å². The number of hydrogen-bond donors (Lipinski definition) is 0. The van der Waals surface area contributed by atoms with E-state index in [4.69, 9.17) is 14.2 Å². The molecule has 8 nitrogen and oxygen atoms in total. The van der Waals surface area contributed by atoms with Crippen LogP contribution in [0.3, 0.4) is 0 Å². The van der Waals surface area contributed by atoms with Gasteiger partial charge >= 0.3 is 0 Å². The highest BCUT2D eigenvalue weighted by Crippen LogP contribution is 2.33. The first-order chi connectivity index (χ1) is 18.3. The van der Waals surface area contributed by atoms with Gasteiger partial charge in [0.15, 0.2) is 11.5 Å². The number of sulfonamides is 1. The van der Waals surface area contributed by atoms with Crippen LogP contribution in [0.5, 0.6) is 11.5 Å². The predicted octanol–water partition coefficient (Wildman–Crippen LogP) is 4.49. The summed E-state index contributed by atoms with van der Waals surface area (Å²) in [5, 5.41) is 2.00. The first kappa shape index (κ1) is 26.7. The Bertz CT molecular complexity index is 1380. The molecule has 2 aliphatic heterocycles. The highest BCUT2D eigenvalue weighted by molar-refractivity contribution is 7.89. The Kier molecular flexibility index (Phi) is 8.04. The Labute approximate surface area is 227 Å². The van der Waals surface area contributed by atoms with Crippen molar-refractivity contribution in [2.75, 3.05) is 26.5 Å². The summed E-state index contributed by atoms with van der Waals surface area (Å²) in [6.07, 6.45) is 1.42. The molecule has 202 valence electrons. The number of carbonyl (C=O) groups excluding carboxylic acids is 1. The van der Waals surface area contributed by atoms with Crippen molar-refractivity contribution in [1.82, 2.24) is 9.21 Å². The molecule has 0 radical (unpaired) electrons. The van der Waals surface area contributed by atoms with Gasteiger partial charge in [-0.15, -0.1) is 11.3 Å². The fourth-order valence-corrected chi connectivity index (χ4v) is 6.95. The van der Waals surface area contributed by atoms with Gasteiger partial charge < -0.3 is 19.1 Å². The van der Waals surface area contributed by atoms with Crippen LogP contribution in [0.1, 0.15) is 34.4 Å². The van der Waals surface area contributed by atoms with Gasteiger partial charge in [-0.3, -0.25) is 4.79 Å². The van der Waals surface area contributed by atoms with Gasteiger partial charge in [-0.2, -0.15) is 4.31 Å². The molecule has 0 saturated carbocycles.